The molecule has 16 heavy (non-hydrogen) atoms. The molecule has 0 aromatic heterocycles. The molecule has 0 aromatic carbocycles. The van der Waals surface area contributed by atoms with Crippen LogP contribution in [0.5, 0.6) is 0 Å². The molecule has 0 unspecified atom stereocenters. The summed E-state index contributed by atoms with van der Waals surface area (Å²) in [6, 6.07) is 1.95. The van der Waals surface area contributed by atoms with Crippen molar-refractivity contribution in [3.05, 3.63) is 0 Å². The molecule has 0 bridgehead atoms. The van der Waals surface area contributed by atoms with Crippen LogP contribution in [0.4, 0.5) is 0 Å². The molecule has 0 aromatic rings. The number of hydrogen-bond donors (Lipinski definition) is 0. The van der Waals surface area contributed by atoms with Crippen LogP contribution in [0.2, 0.25) is 0 Å². The monoisotopic (exact) mass is 337 g/mol. The molecule has 0 aliphatic heterocycles. The van der Waals surface area contributed by atoms with Gasteiger partial charge in [-0.15, -0.1) is 0 Å². The molecular formula is C14H28IN. The lowest BCUT2D eigenvalue weighted by Gasteiger charge is -2.47. The van der Waals surface area contributed by atoms with Crippen molar-refractivity contribution >= 4 is 0 Å². The molecule has 0 heterocycles. The van der Waals surface area contributed by atoms with Crippen molar-refractivity contribution in [1.29, 1.82) is 0 Å². The Hall–Kier alpha value is 0.690. The highest BCUT2D eigenvalue weighted by molar-refractivity contribution is 4.72. The molecule has 0 saturated heterocycles. The second-order valence-corrected chi connectivity index (χ2v) is 6.21. The Bertz CT molecular complexity index is 171. The zero-order valence-electron chi connectivity index (χ0n) is 11.1. The molecular weight excluding hydrogens is 309 g/mol. The van der Waals surface area contributed by atoms with Gasteiger partial charge in [-0.3, -0.25) is 0 Å². The van der Waals surface area contributed by atoms with E-state index in [2.05, 4.69) is 14.1 Å². The molecule has 96 valence electrons. The third-order valence-corrected chi connectivity index (χ3v) is 5.03. The largest absolute Gasteiger partial charge is 1.00 e. The van der Waals surface area contributed by atoms with E-state index in [1.807, 2.05) is 0 Å². The van der Waals surface area contributed by atoms with E-state index in [4.69, 9.17) is 0 Å². The van der Waals surface area contributed by atoms with Crippen LogP contribution in [-0.2, 0) is 0 Å². The van der Waals surface area contributed by atoms with Gasteiger partial charge in [-0.25, -0.2) is 0 Å². The van der Waals surface area contributed by atoms with Crippen LogP contribution in [0.15, 0.2) is 0 Å². The molecule has 2 aliphatic rings. The van der Waals surface area contributed by atoms with Gasteiger partial charge in [0.25, 0.3) is 0 Å². The Kier molecular flexibility index (Phi) is 6.06. The Morgan fingerprint density at radius 3 is 1.25 bits per heavy atom. The Labute approximate surface area is 119 Å². The summed E-state index contributed by atoms with van der Waals surface area (Å²) in [5.74, 6) is 0. The number of quaternary nitrogens is 1. The van der Waals surface area contributed by atoms with E-state index in [9.17, 15) is 0 Å². The van der Waals surface area contributed by atoms with Gasteiger partial charge in [-0.2, -0.15) is 0 Å². The van der Waals surface area contributed by atoms with Crippen LogP contribution < -0.4 is 24.0 Å². The summed E-state index contributed by atoms with van der Waals surface area (Å²) in [6.45, 7) is 0. The van der Waals surface area contributed by atoms with Crippen LogP contribution in [0.3, 0.4) is 0 Å². The van der Waals surface area contributed by atoms with Gasteiger partial charge in [0.1, 0.15) is 0 Å². The van der Waals surface area contributed by atoms with Gasteiger partial charge in [-0.1, -0.05) is 12.8 Å². The van der Waals surface area contributed by atoms with E-state index in [0.29, 0.717) is 0 Å². The van der Waals surface area contributed by atoms with Crippen LogP contribution in [0.25, 0.3) is 0 Å². The lowest BCUT2D eigenvalue weighted by Crippen LogP contribution is -3.00. The number of nitrogens with zero attached hydrogens (tertiary/aromatic N) is 1. The second-order valence-electron chi connectivity index (χ2n) is 6.21. The molecule has 0 amide bonds. The van der Waals surface area contributed by atoms with E-state index in [0.717, 1.165) is 12.1 Å². The zero-order valence-corrected chi connectivity index (χ0v) is 13.2. The van der Waals surface area contributed by atoms with Crippen molar-refractivity contribution in [2.75, 3.05) is 14.1 Å². The van der Waals surface area contributed by atoms with Crippen LogP contribution >= 0.6 is 0 Å². The zero-order chi connectivity index (χ0) is 10.7. The minimum absolute atomic E-state index is 0. The van der Waals surface area contributed by atoms with Gasteiger partial charge in [-0.05, 0) is 51.4 Å². The maximum Gasteiger partial charge on any atom is 0.0888 e. The number of halogens is 1. The molecule has 1 nitrogen and oxygen atoms in total. The Morgan fingerprint density at radius 2 is 0.938 bits per heavy atom. The first-order chi connectivity index (χ1) is 7.21. The molecule has 2 aliphatic carbocycles. The number of rotatable bonds is 2. The van der Waals surface area contributed by atoms with Gasteiger partial charge >= 0.3 is 0 Å². The highest BCUT2D eigenvalue weighted by atomic mass is 127. The smallest absolute Gasteiger partial charge is 0.0888 e. The summed E-state index contributed by atoms with van der Waals surface area (Å²) in [7, 11) is 5.01. The topological polar surface area (TPSA) is 0 Å². The summed E-state index contributed by atoms with van der Waals surface area (Å²) in [4.78, 5) is 0. The molecule has 2 fully saturated rings. The van der Waals surface area contributed by atoms with Crippen LogP contribution in [0.1, 0.15) is 64.2 Å². The van der Waals surface area contributed by atoms with E-state index in [-0.39, 0.29) is 24.0 Å². The average Bonchev–Trinajstić information content (AvgIpc) is 2.31. The number of hydrogen-bond acceptors (Lipinski definition) is 0. The molecule has 2 heteroatoms. The van der Waals surface area contributed by atoms with Crippen molar-refractivity contribution in [3.8, 4) is 0 Å². The van der Waals surface area contributed by atoms with Gasteiger partial charge in [0.2, 0.25) is 0 Å². The van der Waals surface area contributed by atoms with Crippen molar-refractivity contribution in [1.82, 2.24) is 0 Å². The van der Waals surface area contributed by atoms with E-state index in [1.54, 1.807) is 0 Å². The second kappa shape index (κ2) is 6.58. The molecule has 2 saturated carbocycles. The lowest BCUT2D eigenvalue weighted by molar-refractivity contribution is -0.941. The van der Waals surface area contributed by atoms with Gasteiger partial charge in [0, 0.05) is 0 Å². The highest BCUT2D eigenvalue weighted by Gasteiger charge is 2.37. The standard InChI is InChI=1S/C14H28N.HI/c1-15(2,13-9-5-3-6-10-13)14-11-7-4-8-12-14;/h13-14H,3-12H2,1-2H3;1H/q+1;/p-1. The van der Waals surface area contributed by atoms with Crippen LogP contribution in [0, 0.1) is 0 Å². The lowest BCUT2D eigenvalue weighted by atomic mass is 9.87. The molecule has 0 spiro atoms. The highest BCUT2D eigenvalue weighted by Crippen LogP contribution is 2.33. The Balaban J connectivity index is 0.00000128. The SMILES string of the molecule is C[N+](C)(C1CCCCC1)C1CCCCC1.[I-]. The average molecular weight is 337 g/mol. The molecule has 0 N–H and O–H groups in total. The van der Waals surface area contributed by atoms with Crippen molar-refractivity contribution in [2.45, 2.75) is 76.3 Å². The fourth-order valence-corrected chi connectivity index (χ4v) is 3.79. The first-order valence-corrected chi connectivity index (χ1v) is 7.04. The summed E-state index contributed by atoms with van der Waals surface area (Å²) in [5, 5.41) is 0. The predicted molar refractivity (Wildman–Crippen MR) is 65.9 cm³/mol. The minimum atomic E-state index is 0. The quantitative estimate of drug-likeness (QED) is 0.515. The fraction of sp³-hybridized carbons (Fsp3) is 1.00. The maximum atomic E-state index is 2.51. The van der Waals surface area contributed by atoms with Gasteiger partial charge in [0.05, 0.1) is 26.2 Å². The molecule has 0 radical (unpaired) electrons. The first-order valence-electron chi connectivity index (χ1n) is 7.04. The van der Waals surface area contributed by atoms with Crippen molar-refractivity contribution in [3.63, 3.8) is 0 Å². The molecule has 2 rings (SSSR count). The van der Waals surface area contributed by atoms with E-state index < -0.39 is 0 Å². The third kappa shape index (κ3) is 3.34. The van der Waals surface area contributed by atoms with Crippen molar-refractivity contribution < 1.29 is 28.5 Å². The third-order valence-electron chi connectivity index (χ3n) is 5.03. The predicted octanol–water partition coefficient (Wildman–Crippen LogP) is 0.732. The van der Waals surface area contributed by atoms with E-state index in [1.165, 1.54) is 68.7 Å². The summed E-state index contributed by atoms with van der Waals surface area (Å²) >= 11 is 0. The fourth-order valence-electron chi connectivity index (χ4n) is 3.79. The van der Waals surface area contributed by atoms with Crippen molar-refractivity contribution in [2.24, 2.45) is 0 Å². The minimum Gasteiger partial charge on any atom is -1.00 e. The molecule has 0 atom stereocenters. The first kappa shape index (κ1) is 14.7. The van der Waals surface area contributed by atoms with E-state index >= 15 is 0 Å². The Morgan fingerprint density at radius 1 is 0.625 bits per heavy atom. The van der Waals surface area contributed by atoms with Gasteiger partial charge < -0.3 is 28.5 Å². The normalized spacial score (nSPS) is 25.1. The summed E-state index contributed by atoms with van der Waals surface area (Å²) in [6.07, 6.45) is 14.9. The summed E-state index contributed by atoms with van der Waals surface area (Å²) < 4.78 is 1.33. The van der Waals surface area contributed by atoms with Gasteiger partial charge in [0.15, 0.2) is 0 Å². The van der Waals surface area contributed by atoms with Crippen LogP contribution in [-0.4, -0.2) is 30.7 Å². The maximum absolute atomic E-state index is 2.51. The summed E-state index contributed by atoms with van der Waals surface area (Å²) in [5.41, 5.74) is 0.